The molecule has 0 radical (unpaired) electrons. The van der Waals surface area contributed by atoms with Gasteiger partial charge in [0.2, 0.25) is 0 Å². The van der Waals surface area contributed by atoms with Crippen molar-refractivity contribution in [3.05, 3.63) is 84.8 Å². The highest BCUT2D eigenvalue weighted by Gasteiger charge is 2.27. The average molecular weight is 491 g/mol. The Balaban J connectivity index is 1.55. The number of anilines is 2. The highest BCUT2D eigenvalue weighted by molar-refractivity contribution is 5.83. The lowest BCUT2D eigenvalue weighted by atomic mass is 9.83. The van der Waals surface area contributed by atoms with Crippen LogP contribution in [-0.2, 0) is 0 Å². The van der Waals surface area contributed by atoms with Crippen LogP contribution in [-0.4, -0.2) is 22.8 Å². The topological polar surface area (TPSA) is 113 Å². The molecule has 9 heteroatoms. The van der Waals surface area contributed by atoms with Gasteiger partial charge in [-0.05, 0) is 55.9 Å². The molecule has 1 aliphatic heterocycles. The van der Waals surface area contributed by atoms with Gasteiger partial charge < -0.3 is 19.2 Å². The van der Waals surface area contributed by atoms with E-state index in [0.717, 1.165) is 41.8 Å². The first-order valence-electron chi connectivity index (χ1n) is 12.1. The van der Waals surface area contributed by atoms with Gasteiger partial charge in [0.05, 0.1) is 17.1 Å². The minimum Gasteiger partial charge on any atom is -0.440 e. The summed E-state index contributed by atoms with van der Waals surface area (Å²) in [5.74, 6) is -0.246. The third-order valence-electron chi connectivity index (χ3n) is 6.95. The van der Waals surface area contributed by atoms with Crippen LogP contribution in [0.4, 0.5) is 11.6 Å². The van der Waals surface area contributed by atoms with E-state index in [1.165, 1.54) is 0 Å². The third-order valence-corrected chi connectivity index (χ3v) is 6.95. The number of aromatic amines is 1. The molecule has 1 fully saturated rings. The van der Waals surface area contributed by atoms with Crippen molar-refractivity contribution in [1.29, 1.82) is 0 Å². The van der Waals surface area contributed by atoms with Crippen molar-refractivity contribution in [2.24, 2.45) is 5.41 Å². The Morgan fingerprint density at radius 3 is 2.47 bits per heavy atom. The van der Waals surface area contributed by atoms with Crippen LogP contribution in [0.2, 0.25) is 0 Å². The Labute approximate surface area is 207 Å². The number of hydrogen-bond acceptors (Lipinski definition) is 7. The van der Waals surface area contributed by atoms with Crippen molar-refractivity contribution in [3.63, 3.8) is 0 Å². The Morgan fingerprint density at radius 1 is 1.06 bits per heavy atom. The third kappa shape index (κ3) is 4.48. The van der Waals surface area contributed by atoms with Gasteiger partial charge in [-0.2, -0.15) is 0 Å². The standard InChI is InChI=1S/C27H30N4O5/c1-16-13-18(17(2)28-20-7-5-6-8-21(20)31-25(33)29-26(34)36-31)24-19(14-16)22(32)15-23(35-24)30-11-9-27(3,4)10-12-30/h5-8,13-15,17,28H,9-12H2,1-4H3,(H,29,33,34). The van der Waals surface area contributed by atoms with Crippen molar-refractivity contribution in [2.45, 2.75) is 46.6 Å². The normalized spacial score (nSPS) is 16.3. The summed E-state index contributed by atoms with van der Waals surface area (Å²) < 4.78 is 12.3. The smallest absolute Gasteiger partial charge is 0.440 e. The van der Waals surface area contributed by atoms with Gasteiger partial charge in [0.1, 0.15) is 11.3 Å². The second-order valence-electron chi connectivity index (χ2n) is 10.3. The summed E-state index contributed by atoms with van der Waals surface area (Å²) in [6, 6.07) is 12.2. The van der Waals surface area contributed by atoms with E-state index in [4.69, 9.17) is 8.94 Å². The predicted octanol–water partition coefficient (Wildman–Crippen LogP) is 4.33. The summed E-state index contributed by atoms with van der Waals surface area (Å²) in [7, 11) is 0. The van der Waals surface area contributed by atoms with Crippen molar-refractivity contribution in [2.75, 3.05) is 23.3 Å². The fourth-order valence-corrected chi connectivity index (χ4v) is 4.76. The maximum absolute atomic E-state index is 13.1. The van der Waals surface area contributed by atoms with Crippen LogP contribution in [0.25, 0.3) is 16.7 Å². The van der Waals surface area contributed by atoms with E-state index in [-0.39, 0.29) is 16.9 Å². The summed E-state index contributed by atoms with van der Waals surface area (Å²) in [6.07, 6.45) is 2.05. The van der Waals surface area contributed by atoms with E-state index in [9.17, 15) is 14.4 Å². The fourth-order valence-electron chi connectivity index (χ4n) is 4.76. The second-order valence-corrected chi connectivity index (χ2v) is 10.3. The zero-order chi connectivity index (χ0) is 25.6. The molecule has 0 amide bonds. The average Bonchev–Trinajstić information content (AvgIpc) is 3.16. The van der Waals surface area contributed by atoms with Crippen LogP contribution in [0.1, 0.15) is 50.8 Å². The molecule has 5 rings (SSSR count). The number of nitrogens with one attached hydrogen (secondary N) is 2. The monoisotopic (exact) mass is 490 g/mol. The Morgan fingerprint density at radius 2 is 1.78 bits per heavy atom. The van der Waals surface area contributed by atoms with Crippen LogP contribution in [0.15, 0.2) is 65.8 Å². The molecule has 0 bridgehead atoms. The largest absolute Gasteiger partial charge is 0.440 e. The van der Waals surface area contributed by atoms with Gasteiger partial charge in [-0.25, -0.2) is 14.6 Å². The van der Waals surface area contributed by atoms with Crippen molar-refractivity contribution < 1.29 is 8.94 Å². The SMILES string of the molecule is Cc1cc(C(C)Nc2ccccc2-n2oc(=O)[nH]c2=O)c2oc(N3CCC(C)(C)CC3)cc(=O)c2c1. The number of hydrogen-bond donors (Lipinski definition) is 2. The van der Waals surface area contributed by atoms with E-state index in [1.54, 1.807) is 24.3 Å². The molecule has 36 heavy (non-hydrogen) atoms. The van der Waals surface area contributed by atoms with Gasteiger partial charge in [-0.1, -0.05) is 32.0 Å². The second kappa shape index (κ2) is 8.89. The minimum absolute atomic E-state index is 0.0747. The first kappa shape index (κ1) is 23.7. The number of piperidine rings is 1. The first-order chi connectivity index (χ1) is 17.1. The van der Waals surface area contributed by atoms with Crippen LogP contribution >= 0.6 is 0 Å². The van der Waals surface area contributed by atoms with Crippen LogP contribution < -0.4 is 27.1 Å². The number of nitrogens with zero attached hydrogens (tertiary/aromatic N) is 2. The molecule has 1 aliphatic rings. The van der Waals surface area contributed by atoms with Crippen molar-refractivity contribution >= 4 is 22.5 Å². The van der Waals surface area contributed by atoms with Crippen molar-refractivity contribution in [3.8, 4) is 5.69 Å². The molecule has 0 aliphatic carbocycles. The molecule has 2 aromatic carbocycles. The van der Waals surface area contributed by atoms with Crippen LogP contribution in [0.5, 0.6) is 0 Å². The molecule has 4 aromatic rings. The number of fused-ring (bicyclic) bond motifs is 1. The molecule has 0 saturated carbocycles. The van der Waals surface area contributed by atoms with E-state index < -0.39 is 11.4 Å². The molecule has 1 unspecified atom stereocenters. The van der Waals surface area contributed by atoms with E-state index in [2.05, 4.69) is 29.0 Å². The van der Waals surface area contributed by atoms with Crippen LogP contribution in [0.3, 0.4) is 0 Å². The summed E-state index contributed by atoms with van der Waals surface area (Å²) in [5, 5.41) is 3.93. The highest BCUT2D eigenvalue weighted by atomic mass is 16.5. The van der Waals surface area contributed by atoms with E-state index in [1.807, 2.05) is 32.0 Å². The van der Waals surface area contributed by atoms with Crippen LogP contribution in [0, 0.1) is 12.3 Å². The molecular formula is C27H30N4O5. The zero-order valence-corrected chi connectivity index (χ0v) is 20.9. The summed E-state index contributed by atoms with van der Waals surface area (Å²) >= 11 is 0. The predicted molar refractivity (Wildman–Crippen MR) is 139 cm³/mol. The molecule has 2 N–H and O–H groups in total. The molecule has 188 valence electrons. The zero-order valence-electron chi connectivity index (χ0n) is 20.9. The van der Waals surface area contributed by atoms with E-state index in [0.29, 0.717) is 28.2 Å². The maximum Gasteiger partial charge on any atom is 0.440 e. The van der Waals surface area contributed by atoms with Crippen molar-refractivity contribution in [1.82, 2.24) is 9.72 Å². The number of rotatable bonds is 5. The summed E-state index contributed by atoms with van der Waals surface area (Å²) in [4.78, 5) is 41.1. The number of para-hydroxylation sites is 2. The fraction of sp³-hybridized carbons (Fsp3) is 0.370. The van der Waals surface area contributed by atoms with Gasteiger partial charge in [-0.3, -0.25) is 4.79 Å². The molecule has 1 saturated heterocycles. The Kier molecular flexibility index (Phi) is 5.86. The molecule has 9 nitrogen and oxygen atoms in total. The highest BCUT2D eigenvalue weighted by Crippen LogP contribution is 2.35. The van der Waals surface area contributed by atoms with E-state index >= 15 is 0 Å². The van der Waals surface area contributed by atoms with Gasteiger partial charge >= 0.3 is 11.4 Å². The number of aromatic nitrogens is 2. The molecular weight excluding hydrogens is 460 g/mol. The maximum atomic E-state index is 13.1. The molecule has 3 heterocycles. The van der Waals surface area contributed by atoms with Gasteiger partial charge in [0.25, 0.3) is 0 Å². The molecule has 0 spiro atoms. The number of aryl methyl sites for hydroxylation is 1. The quantitative estimate of drug-likeness (QED) is 0.428. The van der Waals surface area contributed by atoms with Gasteiger partial charge in [-0.15, -0.1) is 4.74 Å². The summed E-state index contributed by atoms with van der Waals surface area (Å²) in [6.45, 7) is 10.1. The lowest BCUT2D eigenvalue weighted by molar-refractivity contribution is 0.274. The van der Waals surface area contributed by atoms with Gasteiger partial charge in [0.15, 0.2) is 11.3 Å². The van der Waals surface area contributed by atoms with Gasteiger partial charge in [0, 0.05) is 24.7 Å². The Hall–Kier alpha value is -4.01. The number of benzene rings is 2. The first-order valence-corrected chi connectivity index (χ1v) is 12.1. The lowest BCUT2D eigenvalue weighted by Crippen LogP contribution is -2.37. The number of H-pyrrole nitrogens is 1. The molecule has 1 atom stereocenters. The minimum atomic E-state index is -0.831. The molecule has 2 aromatic heterocycles. The summed E-state index contributed by atoms with van der Waals surface area (Å²) in [5.41, 5.74) is 2.81. The lowest BCUT2D eigenvalue weighted by Gasteiger charge is -2.37. The Bertz CT molecular complexity index is 1600.